The molecule has 19 heavy (non-hydrogen) atoms. The van der Waals surface area contributed by atoms with Crippen LogP contribution in [0.15, 0.2) is 36.5 Å². The lowest BCUT2D eigenvalue weighted by molar-refractivity contribution is 0.102. The highest BCUT2D eigenvalue weighted by Crippen LogP contribution is 2.23. The molecule has 1 aromatic carbocycles. The van der Waals surface area contributed by atoms with E-state index in [9.17, 15) is 4.79 Å². The van der Waals surface area contributed by atoms with Crippen molar-refractivity contribution >= 4 is 17.4 Å². The first kappa shape index (κ1) is 11.7. The van der Waals surface area contributed by atoms with E-state index in [2.05, 4.69) is 15.6 Å². The summed E-state index contributed by atoms with van der Waals surface area (Å²) >= 11 is 0. The molecule has 0 saturated heterocycles. The van der Waals surface area contributed by atoms with Gasteiger partial charge in [0.1, 0.15) is 5.82 Å². The van der Waals surface area contributed by atoms with E-state index < -0.39 is 0 Å². The average Bonchev–Trinajstić information content (AvgIpc) is 2.88. The summed E-state index contributed by atoms with van der Waals surface area (Å²) in [7, 11) is 0. The molecule has 2 heterocycles. The fraction of sp³-hybridized carbons (Fsp3) is 0.200. The lowest BCUT2D eigenvalue weighted by Gasteiger charge is -2.08. The number of nitrogens with one attached hydrogen (secondary N) is 2. The van der Waals surface area contributed by atoms with Gasteiger partial charge in [0.25, 0.3) is 5.91 Å². The number of anilines is 2. The normalized spacial score (nSPS) is 12.7. The van der Waals surface area contributed by atoms with Crippen LogP contribution in [0.25, 0.3) is 0 Å². The lowest BCUT2D eigenvalue weighted by atomic mass is 10.1. The van der Waals surface area contributed by atoms with Gasteiger partial charge in [-0.25, -0.2) is 4.98 Å². The SMILES string of the molecule is Cc1cccnc1NC(=O)c1ccc2c(c1)CCN2. The van der Waals surface area contributed by atoms with Crippen molar-refractivity contribution in [3.8, 4) is 0 Å². The number of carbonyl (C=O) groups excluding carboxylic acids is 1. The van der Waals surface area contributed by atoms with Gasteiger partial charge in [0.05, 0.1) is 0 Å². The molecule has 2 N–H and O–H groups in total. The van der Waals surface area contributed by atoms with Crippen molar-refractivity contribution in [2.75, 3.05) is 17.2 Å². The smallest absolute Gasteiger partial charge is 0.256 e. The van der Waals surface area contributed by atoms with Gasteiger partial charge >= 0.3 is 0 Å². The molecule has 0 radical (unpaired) electrons. The van der Waals surface area contributed by atoms with E-state index in [-0.39, 0.29) is 5.91 Å². The molecule has 0 atom stereocenters. The first-order valence-electron chi connectivity index (χ1n) is 6.34. The fourth-order valence-electron chi connectivity index (χ4n) is 2.24. The van der Waals surface area contributed by atoms with Crippen LogP contribution in [0.1, 0.15) is 21.5 Å². The van der Waals surface area contributed by atoms with Crippen LogP contribution in [0.4, 0.5) is 11.5 Å². The van der Waals surface area contributed by atoms with Crippen LogP contribution >= 0.6 is 0 Å². The van der Waals surface area contributed by atoms with Crippen LogP contribution in [0.3, 0.4) is 0 Å². The van der Waals surface area contributed by atoms with Crippen molar-refractivity contribution in [2.24, 2.45) is 0 Å². The number of nitrogens with zero attached hydrogens (tertiary/aromatic N) is 1. The van der Waals surface area contributed by atoms with Gasteiger partial charge in [-0.1, -0.05) is 6.07 Å². The highest BCUT2D eigenvalue weighted by molar-refractivity contribution is 6.04. The van der Waals surface area contributed by atoms with Crippen LogP contribution in [0.5, 0.6) is 0 Å². The first-order valence-corrected chi connectivity index (χ1v) is 6.34. The molecule has 4 nitrogen and oxygen atoms in total. The zero-order valence-electron chi connectivity index (χ0n) is 10.7. The molecule has 0 spiro atoms. The van der Waals surface area contributed by atoms with Gasteiger partial charge in [-0.05, 0) is 48.7 Å². The van der Waals surface area contributed by atoms with Crippen molar-refractivity contribution in [3.63, 3.8) is 0 Å². The van der Waals surface area contributed by atoms with E-state index in [1.807, 2.05) is 37.3 Å². The second kappa shape index (κ2) is 4.72. The molecule has 3 rings (SSSR count). The molecule has 0 fully saturated rings. The Balaban J connectivity index is 1.83. The number of pyridine rings is 1. The van der Waals surface area contributed by atoms with E-state index in [1.165, 1.54) is 5.56 Å². The molecule has 1 aliphatic heterocycles. The molecule has 0 aliphatic carbocycles. The predicted octanol–water partition coefficient (Wildman–Crippen LogP) is 2.61. The maximum absolute atomic E-state index is 12.2. The van der Waals surface area contributed by atoms with E-state index in [0.29, 0.717) is 11.4 Å². The molecular weight excluding hydrogens is 238 g/mol. The molecule has 4 heteroatoms. The number of amides is 1. The zero-order valence-corrected chi connectivity index (χ0v) is 10.7. The van der Waals surface area contributed by atoms with E-state index in [0.717, 1.165) is 24.2 Å². The number of aromatic nitrogens is 1. The Morgan fingerprint density at radius 3 is 3.11 bits per heavy atom. The van der Waals surface area contributed by atoms with Gasteiger partial charge in [-0.2, -0.15) is 0 Å². The summed E-state index contributed by atoms with van der Waals surface area (Å²) < 4.78 is 0. The van der Waals surface area contributed by atoms with Crippen molar-refractivity contribution in [1.29, 1.82) is 0 Å². The van der Waals surface area contributed by atoms with Crippen molar-refractivity contribution in [1.82, 2.24) is 4.98 Å². The second-order valence-corrected chi connectivity index (χ2v) is 4.67. The number of fused-ring (bicyclic) bond motifs is 1. The Morgan fingerprint density at radius 1 is 1.37 bits per heavy atom. The molecule has 96 valence electrons. The maximum atomic E-state index is 12.2. The summed E-state index contributed by atoms with van der Waals surface area (Å²) in [5.41, 5.74) is 3.96. The average molecular weight is 253 g/mol. The van der Waals surface area contributed by atoms with Crippen molar-refractivity contribution in [2.45, 2.75) is 13.3 Å². The predicted molar refractivity (Wildman–Crippen MR) is 75.6 cm³/mol. The fourth-order valence-corrected chi connectivity index (χ4v) is 2.24. The van der Waals surface area contributed by atoms with Crippen LogP contribution in [0.2, 0.25) is 0 Å². The minimum Gasteiger partial charge on any atom is -0.384 e. The third kappa shape index (κ3) is 2.29. The molecule has 0 bridgehead atoms. The summed E-state index contributed by atoms with van der Waals surface area (Å²) in [6.45, 7) is 2.87. The summed E-state index contributed by atoms with van der Waals surface area (Å²) in [4.78, 5) is 16.4. The van der Waals surface area contributed by atoms with Crippen LogP contribution in [-0.2, 0) is 6.42 Å². The van der Waals surface area contributed by atoms with Gasteiger partial charge < -0.3 is 10.6 Å². The highest BCUT2D eigenvalue weighted by atomic mass is 16.1. The van der Waals surface area contributed by atoms with E-state index >= 15 is 0 Å². The summed E-state index contributed by atoms with van der Waals surface area (Å²) in [6, 6.07) is 9.53. The second-order valence-electron chi connectivity index (χ2n) is 4.67. The Hall–Kier alpha value is -2.36. The number of hydrogen-bond donors (Lipinski definition) is 2. The molecule has 1 amide bonds. The van der Waals surface area contributed by atoms with E-state index in [4.69, 9.17) is 0 Å². The third-order valence-corrected chi connectivity index (χ3v) is 3.32. The van der Waals surface area contributed by atoms with Crippen LogP contribution < -0.4 is 10.6 Å². The van der Waals surface area contributed by atoms with Crippen LogP contribution in [0, 0.1) is 6.92 Å². The molecular formula is C15H15N3O. The van der Waals surface area contributed by atoms with Gasteiger partial charge in [0, 0.05) is 24.0 Å². The van der Waals surface area contributed by atoms with Gasteiger partial charge in [0.15, 0.2) is 0 Å². The minimum absolute atomic E-state index is 0.114. The van der Waals surface area contributed by atoms with Crippen molar-refractivity contribution < 1.29 is 4.79 Å². The summed E-state index contributed by atoms with van der Waals surface area (Å²) in [5, 5.41) is 6.13. The number of rotatable bonds is 2. The van der Waals surface area contributed by atoms with Crippen LogP contribution in [-0.4, -0.2) is 17.4 Å². The quantitative estimate of drug-likeness (QED) is 0.865. The summed E-state index contributed by atoms with van der Waals surface area (Å²) in [6.07, 6.45) is 2.65. The lowest BCUT2D eigenvalue weighted by Crippen LogP contribution is -2.14. The Morgan fingerprint density at radius 2 is 2.26 bits per heavy atom. The largest absolute Gasteiger partial charge is 0.384 e. The standard InChI is InChI=1S/C15H15N3O/c1-10-3-2-7-17-14(10)18-15(19)12-4-5-13-11(9-12)6-8-16-13/h2-5,7,9,16H,6,8H2,1H3,(H,17,18,19). The Bertz CT molecular complexity index is 637. The number of carbonyl (C=O) groups is 1. The summed E-state index contributed by atoms with van der Waals surface area (Å²) in [5.74, 6) is 0.502. The third-order valence-electron chi connectivity index (χ3n) is 3.32. The van der Waals surface area contributed by atoms with Crippen molar-refractivity contribution in [3.05, 3.63) is 53.2 Å². The topological polar surface area (TPSA) is 54.0 Å². The number of aryl methyl sites for hydroxylation is 1. The van der Waals surface area contributed by atoms with E-state index in [1.54, 1.807) is 6.20 Å². The highest BCUT2D eigenvalue weighted by Gasteiger charge is 2.14. The number of hydrogen-bond acceptors (Lipinski definition) is 3. The molecule has 1 aromatic heterocycles. The minimum atomic E-state index is -0.114. The number of benzene rings is 1. The Kier molecular flexibility index (Phi) is 2.91. The maximum Gasteiger partial charge on any atom is 0.256 e. The Labute approximate surface area is 111 Å². The van der Waals surface area contributed by atoms with Gasteiger partial charge in [-0.15, -0.1) is 0 Å². The van der Waals surface area contributed by atoms with Gasteiger partial charge in [-0.3, -0.25) is 4.79 Å². The zero-order chi connectivity index (χ0) is 13.2. The monoisotopic (exact) mass is 253 g/mol. The molecule has 2 aromatic rings. The molecule has 0 saturated carbocycles. The molecule has 1 aliphatic rings. The first-order chi connectivity index (χ1) is 9.24. The van der Waals surface area contributed by atoms with Gasteiger partial charge in [0.2, 0.25) is 0 Å². The molecule has 0 unspecified atom stereocenters.